The number of ether oxygens (including phenoxy) is 1. The van der Waals surface area contributed by atoms with Crippen molar-refractivity contribution in [2.75, 3.05) is 7.11 Å². The highest BCUT2D eigenvalue weighted by Crippen LogP contribution is 2.18. The molecule has 2 heterocycles. The highest BCUT2D eigenvalue weighted by atomic mass is 16.5. The SMILES string of the molecule is COC(C)(C)C[C@@H](C)NCc1noc(-c2ccco2)n1. The molecule has 0 saturated heterocycles. The van der Waals surface area contributed by atoms with E-state index in [-0.39, 0.29) is 11.6 Å². The summed E-state index contributed by atoms with van der Waals surface area (Å²) in [4.78, 5) is 4.28. The van der Waals surface area contributed by atoms with Crippen molar-refractivity contribution in [2.45, 2.75) is 45.4 Å². The topological polar surface area (TPSA) is 73.3 Å². The van der Waals surface area contributed by atoms with Crippen LogP contribution in [-0.2, 0) is 11.3 Å². The van der Waals surface area contributed by atoms with Crippen LogP contribution in [-0.4, -0.2) is 28.9 Å². The molecule has 0 aliphatic carbocycles. The van der Waals surface area contributed by atoms with Crippen molar-refractivity contribution in [1.82, 2.24) is 15.5 Å². The van der Waals surface area contributed by atoms with Crippen LogP contribution < -0.4 is 5.32 Å². The fourth-order valence-electron chi connectivity index (χ4n) is 1.98. The summed E-state index contributed by atoms with van der Waals surface area (Å²) in [5.41, 5.74) is -0.150. The number of hydrogen-bond acceptors (Lipinski definition) is 6. The quantitative estimate of drug-likeness (QED) is 0.840. The molecule has 2 rings (SSSR count). The lowest BCUT2D eigenvalue weighted by molar-refractivity contribution is 0.00838. The van der Waals surface area contributed by atoms with Gasteiger partial charge in [-0.15, -0.1) is 0 Å². The monoisotopic (exact) mass is 279 g/mol. The molecular weight excluding hydrogens is 258 g/mol. The molecule has 2 aromatic rings. The number of nitrogens with zero attached hydrogens (tertiary/aromatic N) is 2. The van der Waals surface area contributed by atoms with Crippen molar-refractivity contribution in [3.63, 3.8) is 0 Å². The van der Waals surface area contributed by atoms with Gasteiger partial charge in [-0.3, -0.25) is 0 Å². The summed E-state index contributed by atoms with van der Waals surface area (Å²) in [6.07, 6.45) is 2.47. The van der Waals surface area contributed by atoms with E-state index in [2.05, 4.69) is 36.2 Å². The maximum absolute atomic E-state index is 5.41. The molecule has 0 bridgehead atoms. The molecule has 0 amide bonds. The van der Waals surface area contributed by atoms with E-state index in [9.17, 15) is 0 Å². The van der Waals surface area contributed by atoms with Crippen LogP contribution in [0.5, 0.6) is 0 Å². The van der Waals surface area contributed by atoms with Crippen LogP contribution in [0.3, 0.4) is 0 Å². The predicted molar refractivity (Wildman–Crippen MR) is 74.0 cm³/mol. The minimum atomic E-state index is -0.150. The summed E-state index contributed by atoms with van der Waals surface area (Å²) < 4.78 is 15.8. The van der Waals surface area contributed by atoms with E-state index < -0.39 is 0 Å². The first-order valence-electron chi connectivity index (χ1n) is 6.65. The van der Waals surface area contributed by atoms with E-state index in [1.807, 2.05) is 0 Å². The zero-order chi connectivity index (χ0) is 14.6. The predicted octanol–water partition coefficient (Wildman–Crippen LogP) is 2.62. The second-order valence-electron chi connectivity index (χ2n) is 5.44. The smallest absolute Gasteiger partial charge is 0.293 e. The van der Waals surface area contributed by atoms with Crippen LogP contribution in [0.1, 0.15) is 33.0 Å². The van der Waals surface area contributed by atoms with Crippen LogP contribution in [0.15, 0.2) is 27.3 Å². The van der Waals surface area contributed by atoms with Gasteiger partial charge in [0.25, 0.3) is 5.89 Å². The lowest BCUT2D eigenvalue weighted by Crippen LogP contribution is -2.35. The third-order valence-electron chi connectivity index (χ3n) is 3.16. The van der Waals surface area contributed by atoms with E-state index >= 15 is 0 Å². The number of nitrogens with one attached hydrogen (secondary N) is 1. The molecule has 110 valence electrons. The van der Waals surface area contributed by atoms with E-state index in [0.717, 1.165) is 6.42 Å². The Labute approximate surface area is 118 Å². The van der Waals surface area contributed by atoms with E-state index in [1.165, 1.54) is 0 Å². The Morgan fingerprint density at radius 2 is 2.25 bits per heavy atom. The third kappa shape index (κ3) is 3.91. The molecule has 20 heavy (non-hydrogen) atoms. The minimum absolute atomic E-state index is 0.150. The van der Waals surface area contributed by atoms with Gasteiger partial charge in [0.2, 0.25) is 0 Å². The average molecular weight is 279 g/mol. The first-order chi connectivity index (χ1) is 9.50. The van der Waals surface area contributed by atoms with Crippen LogP contribution in [0.4, 0.5) is 0 Å². The van der Waals surface area contributed by atoms with E-state index in [0.29, 0.717) is 24.0 Å². The van der Waals surface area contributed by atoms with Crippen molar-refractivity contribution in [3.8, 4) is 11.7 Å². The molecule has 0 aliphatic heterocycles. The van der Waals surface area contributed by atoms with Crippen molar-refractivity contribution >= 4 is 0 Å². The van der Waals surface area contributed by atoms with E-state index in [1.54, 1.807) is 25.5 Å². The van der Waals surface area contributed by atoms with Crippen LogP contribution >= 0.6 is 0 Å². The van der Waals surface area contributed by atoms with Gasteiger partial charge in [0.1, 0.15) is 0 Å². The number of furan rings is 1. The fraction of sp³-hybridized carbons (Fsp3) is 0.571. The summed E-state index contributed by atoms with van der Waals surface area (Å²) in [6, 6.07) is 3.86. The molecule has 0 fully saturated rings. The van der Waals surface area contributed by atoms with Gasteiger partial charge >= 0.3 is 0 Å². The van der Waals surface area contributed by atoms with Gasteiger partial charge < -0.3 is 19.0 Å². The summed E-state index contributed by atoms with van der Waals surface area (Å²) in [6.45, 7) is 6.78. The van der Waals surface area contributed by atoms with Crippen LogP contribution in [0, 0.1) is 0 Å². The van der Waals surface area contributed by atoms with Crippen molar-refractivity contribution in [2.24, 2.45) is 0 Å². The zero-order valence-corrected chi connectivity index (χ0v) is 12.3. The Balaban J connectivity index is 1.86. The standard InChI is InChI=1S/C14H21N3O3/c1-10(8-14(2,3)18-4)15-9-12-16-13(20-17-12)11-6-5-7-19-11/h5-7,10,15H,8-9H2,1-4H3/t10-/m1/s1. The summed E-state index contributed by atoms with van der Waals surface area (Å²) >= 11 is 0. The molecule has 6 heteroatoms. The second-order valence-corrected chi connectivity index (χ2v) is 5.44. The van der Waals surface area contributed by atoms with Crippen LogP contribution in [0.25, 0.3) is 11.7 Å². The molecule has 2 aromatic heterocycles. The molecule has 0 aliphatic rings. The zero-order valence-electron chi connectivity index (χ0n) is 12.3. The highest BCUT2D eigenvalue weighted by Gasteiger charge is 2.20. The van der Waals surface area contributed by atoms with Crippen molar-refractivity contribution < 1.29 is 13.7 Å². The number of rotatable bonds is 7. The Morgan fingerprint density at radius 3 is 2.90 bits per heavy atom. The average Bonchev–Trinajstić information content (AvgIpc) is 3.06. The molecule has 0 saturated carbocycles. The first-order valence-corrected chi connectivity index (χ1v) is 6.65. The molecule has 1 atom stereocenters. The first kappa shape index (κ1) is 14.7. The van der Waals surface area contributed by atoms with E-state index in [4.69, 9.17) is 13.7 Å². The summed E-state index contributed by atoms with van der Waals surface area (Å²) in [5, 5.41) is 7.27. The molecule has 0 aromatic carbocycles. The molecule has 0 unspecified atom stereocenters. The lowest BCUT2D eigenvalue weighted by atomic mass is 10.00. The number of aromatic nitrogens is 2. The maximum atomic E-state index is 5.41. The molecule has 1 N–H and O–H groups in total. The van der Waals surface area contributed by atoms with Gasteiger partial charge in [0.05, 0.1) is 18.4 Å². The largest absolute Gasteiger partial charge is 0.459 e. The van der Waals surface area contributed by atoms with Gasteiger partial charge in [0.15, 0.2) is 11.6 Å². The highest BCUT2D eigenvalue weighted by molar-refractivity contribution is 5.42. The minimum Gasteiger partial charge on any atom is -0.459 e. The number of hydrogen-bond donors (Lipinski definition) is 1. The third-order valence-corrected chi connectivity index (χ3v) is 3.16. The Morgan fingerprint density at radius 1 is 1.45 bits per heavy atom. The van der Waals surface area contributed by atoms with Crippen molar-refractivity contribution in [3.05, 3.63) is 24.2 Å². The van der Waals surface area contributed by atoms with Gasteiger partial charge in [-0.25, -0.2) is 0 Å². The van der Waals surface area contributed by atoms with Crippen molar-refractivity contribution in [1.29, 1.82) is 0 Å². The molecule has 6 nitrogen and oxygen atoms in total. The maximum Gasteiger partial charge on any atom is 0.293 e. The molecular formula is C14H21N3O3. The Kier molecular flexibility index (Phi) is 4.57. The lowest BCUT2D eigenvalue weighted by Gasteiger charge is -2.26. The Bertz CT molecular complexity index is 520. The van der Waals surface area contributed by atoms with Gasteiger partial charge in [0, 0.05) is 13.2 Å². The van der Waals surface area contributed by atoms with Gasteiger partial charge in [-0.1, -0.05) is 5.16 Å². The second kappa shape index (κ2) is 6.19. The Hall–Kier alpha value is -1.66. The fourth-order valence-corrected chi connectivity index (χ4v) is 1.98. The normalized spacial score (nSPS) is 13.6. The van der Waals surface area contributed by atoms with Gasteiger partial charge in [-0.05, 0) is 39.3 Å². The molecule has 0 radical (unpaired) electrons. The summed E-state index contributed by atoms with van der Waals surface area (Å²) in [7, 11) is 1.72. The summed E-state index contributed by atoms with van der Waals surface area (Å²) in [5.74, 6) is 1.59. The number of methoxy groups -OCH3 is 1. The van der Waals surface area contributed by atoms with Gasteiger partial charge in [-0.2, -0.15) is 4.98 Å². The van der Waals surface area contributed by atoms with Crippen LogP contribution in [0.2, 0.25) is 0 Å². The molecule has 0 spiro atoms.